The van der Waals surface area contributed by atoms with Crippen LogP contribution in [0.5, 0.6) is 0 Å². The minimum atomic E-state index is -0.561. The lowest BCUT2D eigenvalue weighted by molar-refractivity contribution is -0.604. The van der Waals surface area contributed by atoms with Crippen molar-refractivity contribution in [3.8, 4) is 27.9 Å². The molecule has 0 saturated heterocycles. The molecule has 0 atom stereocenters. The molecule has 8 heteroatoms. The van der Waals surface area contributed by atoms with Crippen LogP contribution in [0.4, 0.5) is 5.69 Å². The van der Waals surface area contributed by atoms with Crippen LogP contribution in [0.3, 0.4) is 0 Å². The van der Waals surface area contributed by atoms with Crippen molar-refractivity contribution in [1.82, 2.24) is 14.8 Å². The van der Waals surface area contributed by atoms with Crippen LogP contribution in [-0.2, 0) is 0 Å². The lowest BCUT2D eigenvalue weighted by atomic mass is 9.95. The van der Waals surface area contributed by atoms with Gasteiger partial charge in [-0.15, -0.1) is 0 Å². The smallest absolute Gasteiger partial charge is 0.250 e. The topological polar surface area (TPSA) is 127 Å². The standard InChI is InChI=1S/C27H24N6O2/c1-16(2)24-12-22(17-8-9-21(27(29)34)23(28)11-17)20-6-3-7-25(26(20)31-24)33-15-19(13-30-33)18-5-4-10-32(35)14-18/h3-16H,28H2,1-2H3,(H2,29,34). The third-order valence-electron chi connectivity index (χ3n) is 6.00. The van der Waals surface area contributed by atoms with Crippen LogP contribution in [0.15, 0.2) is 79.4 Å². The average molecular weight is 465 g/mol. The van der Waals surface area contributed by atoms with Gasteiger partial charge in [0.15, 0.2) is 12.4 Å². The number of carbonyl (C=O) groups excluding carboxylic acids is 1. The monoisotopic (exact) mass is 464 g/mol. The molecule has 0 saturated carbocycles. The average Bonchev–Trinajstić information content (AvgIpc) is 3.33. The van der Waals surface area contributed by atoms with E-state index in [4.69, 9.17) is 16.5 Å². The Morgan fingerprint density at radius 2 is 1.89 bits per heavy atom. The fourth-order valence-corrected chi connectivity index (χ4v) is 4.16. The number of anilines is 1. The van der Waals surface area contributed by atoms with E-state index < -0.39 is 5.91 Å². The summed E-state index contributed by atoms with van der Waals surface area (Å²) in [7, 11) is 0. The van der Waals surface area contributed by atoms with Crippen molar-refractivity contribution in [3.63, 3.8) is 0 Å². The third-order valence-corrected chi connectivity index (χ3v) is 6.00. The molecule has 0 aliphatic heterocycles. The van der Waals surface area contributed by atoms with Crippen LogP contribution in [-0.4, -0.2) is 20.7 Å². The number of nitrogens with two attached hydrogens (primary N) is 2. The molecule has 5 aromatic rings. The molecule has 3 aromatic heterocycles. The van der Waals surface area contributed by atoms with Crippen LogP contribution < -0.4 is 16.2 Å². The van der Waals surface area contributed by atoms with E-state index in [1.807, 2.05) is 36.5 Å². The molecule has 0 aliphatic carbocycles. The van der Waals surface area contributed by atoms with Gasteiger partial charge in [-0.1, -0.05) is 32.0 Å². The van der Waals surface area contributed by atoms with Crippen LogP contribution in [0, 0.1) is 5.21 Å². The summed E-state index contributed by atoms with van der Waals surface area (Å²) >= 11 is 0. The number of carbonyl (C=O) groups is 1. The molecule has 0 bridgehead atoms. The number of pyridine rings is 2. The van der Waals surface area contributed by atoms with Crippen LogP contribution in [0.25, 0.3) is 38.8 Å². The SMILES string of the molecule is CC(C)c1cc(-c2ccc(C(N)=O)c(N)c2)c2cccc(-n3cc(-c4ccc[n+]([O-])c4)cn3)c2n1. The number of benzene rings is 2. The van der Waals surface area contributed by atoms with Gasteiger partial charge in [-0.25, -0.2) is 4.68 Å². The minimum absolute atomic E-state index is 0.179. The fraction of sp³-hybridized carbons (Fsp3) is 0.111. The highest BCUT2D eigenvalue weighted by atomic mass is 16.5. The van der Waals surface area contributed by atoms with Crippen molar-refractivity contribution in [2.75, 3.05) is 5.73 Å². The number of para-hydroxylation sites is 1. The van der Waals surface area contributed by atoms with Gasteiger partial charge in [-0.3, -0.25) is 9.78 Å². The summed E-state index contributed by atoms with van der Waals surface area (Å²) in [5, 5.41) is 17.2. The highest BCUT2D eigenvalue weighted by Crippen LogP contribution is 2.35. The second-order valence-electron chi connectivity index (χ2n) is 8.72. The molecule has 0 unspecified atom stereocenters. The minimum Gasteiger partial charge on any atom is -0.619 e. The van der Waals surface area contributed by atoms with Gasteiger partial charge in [-0.05, 0) is 47.4 Å². The summed E-state index contributed by atoms with van der Waals surface area (Å²) in [4.78, 5) is 16.6. The number of hydrogen-bond acceptors (Lipinski definition) is 5. The summed E-state index contributed by atoms with van der Waals surface area (Å²) in [5.41, 5.74) is 18.1. The van der Waals surface area contributed by atoms with E-state index in [1.54, 1.807) is 29.1 Å². The first-order valence-corrected chi connectivity index (χ1v) is 11.2. The zero-order valence-electron chi connectivity index (χ0n) is 19.3. The zero-order chi connectivity index (χ0) is 24.7. The summed E-state index contributed by atoms with van der Waals surface area (Å²) in [6.45, 7) is 4.18. The van der Waals surface area contributed by atoms with E-state index in [1.165, 1.54) is 12.4 Å². The van der Waals surface area contributed by atoms with Crippen molar-refractivity contribution < 1.29 is 9.52 Å². The Labute approximate surface area is 202 Å². The molecule has 0 spiro atoms. The first-order chi connectivity index (χ1) is 16.8. The van der Waals surface area contributed by atoms with Gasteiger partial charge in [0.2, 0.25) is 0 Å². The van der Waals surface area contributed by atoms with Crippen molar-refractivity contribution in [2.45, 2.75) is 19.8 Å². The third kappa shape index (κ3) is 4.06. The zero-order valence-corrected chi connectivity index (χ0v) is 19.3. The van der Waals surface area contributed by atoms with E-state index in [2.05, 4.69) is 25.0 Å². The Hall–Kier alpha value is -4.72. The van der Waals surface area contributed by atoms with Crippen molar-refractivity contribution >= 4 is 22.5 Å². The van der Waals surface area contributed by atoms with E-state index in [-0.39, 0.29) is 5.92 Å². The normalized spacial score (nSPS) is 11.3. The van der Waals surface area contributed by atoms with Crippen LogP contribution in [0.1, 0.15) is 35.8 Å². The van der Waals surface area contributed by atoms with Crippen molar-refractivity contribution in [3.05, 3.63) is 95.8 Å². The molecule has 8 nitrogen and oxygen atoms in total. The maximum absolute atomic E-state index is 11.7. The summed E-state index contributed by atoms with van der Waals surface area (Å²) in [6.07, 6.45) is 6.57. The molecule has 0 radical (unpaired) electrons. The van der Waals surface area contributed by atoms with Gasteiger partial charge in [0.1, 0.15) is 0 Å². The van der Waals surface area contributed by atoms with E-state index >= 15 is 0 Å². The Balaban J connectivity index is 1.70. The summed E-state index contributed by atoms with van der Waals surface area (Å²) in [5.74, 6) is -0.382. The summed E-state index contributed by atoms with van der Waals surface area (Å²) in [6, 6.07) is 16.8. The molecule has 174 valence electrons. The van der Waals surface area contributed by atoms with E-state index in [0.717, 1.165) is 49.3 Å². The van der Waals surface area contributed by atoms with Gasteiger partial charge in [0.25, 0.3) is 5.91 Å². The fourth-order valence-electron chi connectivity index (χ4n) is 4.16. The number of primary amides is 1. The molecule has 3 heterocycles. The Morgan fingerprint density at radius 3 is 2.60 bits per heavy atom. The number of fused-ring (bicyclic) bond motifs is 1. The predicted octanol–water partition coefficient (Wildman–Crippen LogP) is 4.19. The van der Waals surface area contributed by atoms with Gasteiger partial charge in [-0.2, -0.15) is 9.83 Å². The van der Waals surface area contributed by atoms with E-state index in [9.17, 15) is 10.0 Å². The molecular weight excluding hydrogens is 440 g/mol. The molecular formula is C27H24N6O2. The lowest BCUT2D eigenvalue weighted by Crippen LogP contribution is -2.23. The maximum atomic E-state index is 11.7. The maximum Gasteiger partial charge on any atom is 0.250 e. The molecule has 4 N–H and O–H groups in total. The molecule has 5 rings (SSSR count). The number of amides is 1. The first kappa shape index (κ1) is 22.1. The predicted molar refractivity (Wildman–Crippen MR) is 136 cm³/mol. The lowest BCUT2D eigenvalue weighted by Gasteiger charge is -2.15. The van der Waals surface area contributed by atoms with Gasteiger partial charge in [0.05, 0.1) is 28.5 Å². The Bertz CT molecular complexity index is 1590. The quantitative estimate of drug-likeness (QED) is 0.229. The second kappa shape index (κ2) is 8.57. The molecule has 2 aromatic carbocycles. The number of aromatic nitrogens is 4. The number of rotatable bonds is 5. The Kier molecular flexibility index (Phi) is 5.41. The van der Waals surface area contributed by atoms with Gasteiger partial charge >= 0.3 is 0 Å². The largest absolute Gasteiger partial charge is 0.619 e. The highest BCUT2D eigenvalue weighted by Gasteiger charge is 2.16. The molecule has 1 amide bonds. The van der Waals surface area contributed by atoms with Crippen LogP contribution in [0.2, 0.25) is 0 Å². The number of hydrogen-bond donors (Lipinski definition) is 2. The Morgan fingerprint density at radius 1 is 1.06 bits per heavy atom. The number of nitrogens with zero attached hydrogens (tertiary/aromatic N) is 4. The van der Waals surface area contributed by atoms with Gasteiger partial charge in [0, 0.05) is 34.6 Å². The van der Waals surface area contributed by atoms with Crippen molar-refractivity contribution in [2.24, 2.45) is 5.73 Å². The number of nitrogen functional groups attached to an aromatic ring is 1. The first-order valence-electron chi connectivity index (χ1n) is 11.2. The molecule has 0 aliphatic rings. The van der Waals surface area contributed by atoms with E-state index in [0.29, 0.717) is 11.3 Å². The molecule has 0 fully saturated rings. The summed E-state index contributed by atoms with van der Waals surface area (Å²) < 4.78 is 2.54. The van der Waals surface area contributed by atoms with Crippen molar-refractivity contribution in [1.29, 1.82) is 0 Å². The van der Waals surface area contributed by atoms with Crippen LogP contribution >= 0.6 is 0 Å². The molecule has 35 heavy (non-hydrogen) atoms. The van der Waals surface area contributed by atoms with Gasteiger partial charge < -0.3 is 16.7 Å². The highest BCUT2D eigenvalue weighted by molar-refractivity contribution is 6.02. The second-order valence-corrected chi connectivity index (χ2v) is 8.72.